The molecule has 0 bridgehead atoms. The molecule has 1 N–H and O–H groups in total. The molecule has 195 valence electrons. The summed E-state index contributed by atoms with van der Waals surface area (Å²) in [7, 11) is -1.94. The quantitative estimate of drug-likeness (QED) is 0.312. The van der Waals surface area contributed by atoms with Gasteiger partial charge in [-0.25, -0.2) is 0 Å². The van der Waals surface area contributed by atoms with Gasteiger partial charge in [-0.05, 0) is 72.8 Å². The maximum atomic E-state index is 11.7. The molecule has 4 heteroatoms. The number of allylic oxidation sites excluding steroid dienone is 3. The van der Waals surface area contributed by atoms with Crippen molar-refractivity contribution in [3.63, 3.8) is 0 Å². The summed E-state index contributed by atoms with van der Waals surface area (Å²) in [5.74, 6) is 1.89. The maximum absolute atomic E-state index is 11.7. The van der Waals surface area contributed by atoms with Crippen LogP contribution in [0.25, 0.3) is 0 Å². The predicted octanol–water partition coefficient (Wildman–Crippen LogP) is 7.64. The van der Waals surface area contributed by atoms with Crippen molar-refractivity contribution < 1.29 is 26.8 Å². The van der Waals surface area contributed by atoms with Gasteiger partial charge >= 0.3 is 21.7 Å². The van der Waals surface area contributed by atoms with Gasteiger partial charge in [0.15, 0.2) is 0 Å². The number of fused-ring (bicyclic) bond motifs is 1. The third kappa shape index (κ3) is 6.11. The molecule has 4 unspecified atom stereocenters. The van der Waals surface area contributed by atoms with Crippen LogP contribution in [0, 0.1) is 41.0 Å². The summed E-state index contributed by atoms with van der Waals surface area (Å²) in [5.41, 5.74) is 3.09. The first-order chi connectivity index (χ1) is 14.7. The molecule has 1 aromatic rings. The Balaban J connectivity index is 0.00000289. The maximum Gasteiger partial charge on any atom is 3.00 e. The second-order valence-corrected chi connectivity index (χ2v) is 16.4. The zero-order valence-corrected chi connectivity index (χ0v) is 26.7. The number of phenols is 1. The Hall–Kier alpha value is -0.609. The van der Waals surface area contributed by atoms with Crippen LogP contribution in [-0.4, -0.2) is 37.2 Å². The van der Waals surface area contributed by atoms with E-state index in [-0.39, 0.29) is 49.4 Å². The number of hydrogen-bond donors (Lipinski definition) is 1. The number of aromatic hydroxyl groups is 1. The first-order valence-corrected chi connectivity index (χ1v) is 15.2. The van der Waals surface area contributed by atoms with Crippen molar-refractivity contribution in [3.8, 4) is 5.75 Å². The van der Waals surface area contributed by atoms with E-state index in [2.05, 4.69) is 82.9 Å². The second kappa shape index (κ2) is 13.3. The first kappa shape index (κ1) is 34.4. The first-order valence-electron chi connectivity index (χ1n) is 12.7. The van der Waals surface area contributed by atoms with Crippen LogP contribution >= 0.6 is 0 Å². The van der Waals surface area contributed by atoms with E-state index >= 15 is 0 Å². The fourth-order valence-electron chi connectivity index (χ4n) is 7.15. The van der Waals surface area contributed by atoms with Crippen LogP contribution in [0.4, 0.5) is 0 Å². The van der Waals surface area contributed by atoms with Gasteiger partial charge in [0, 0.05) is 6.04 Å². The zero-order valence-electron chi connectivity index (χ0n) is 24.1. The van der Waals surface area contributed by atoms with E-state index in [0.717, 1.165) is 5.56 Å². The fourth-order valence-corrected chi connectivity index (χ4v) is 12.7. The van der Waals surface area contributed by atoms with E-state index < -0.39 is 8.07 Å². The summed E-state index contributed by atoms with van der Waals surface area (Å²) in [6.45, 7) is 16.3. The van der Waals surface area contributed by atoms with Gasteiger partial charge in [-0.1, -0.05) is 88.7 Å². The van der Waals surface area contributed by atoms with Crippen molar-refractivity contribution in [2.75, 3.05) is 13.1 Å². The van der Waals surface area contributed by atoms with Crippen LogP contribution in [0.3, 0.4) is 0 Å². The van der Waals surface area contributed by atoms with Crippen molar-refractivity contribution in [3.05, 3.63) is 69.8 Å². The summed E-state index contributed by atoms with van der Waals surface area (Å²) in [5, 5.41) is 13.0. The smallest absolute Gasteiger partial charge is 0.508 e. The standard InChI is InChI=1S/C28H43NOSi.3CH3.Ti/c1-7-31(8-2,26-18-20(3)17-23(27(26)30)28(4,5)6)25-19-24(29-15-11-12-16-29)21-13-9-10-14-22(21)25;;;;/h9-10,13-14,17-18,21-22,24-25,30H,7-8,11-12,15-16,19H2,1-6H3;3*1H3;/q;3*-1;+3. The molecule has 2 fully saturated rings. The van der Waals surface area contributed by atoms with Gasteiger partial charge in [-0.3, -0.25) is 4.90 Å². The predicted molar refractivity (Wildman–Crippen MR) is 155 cm³/mol. The van der Waals surface area contributed by atoms with Crippen LogP contribution in [0.2, 0.25) is 17.6 Å². The topological polar surface area (TPSA) is 23.5 Å². The van der Waals surface area contributed by atoms with Gasteiger partial charge < -0.3 is 27.4 Å². The van der Waals surface area contributed by atoms with Crippen molar-refractivity contribution in [2.24, 2.45) is 11.8 Å². The van der Waals surface area contributed by atoms with Gasteiger partial charge in [-0.15, -0.1) is 0 Å². The van der Waals surface area contributed by atoms with Gasteiger partial charge in [-0.2, -0.15) is 0 Å². The van der Waals surface area contributed by atoms with Crippen LogP contribution in [-0.2, 0) is 27.1 Å². The Morgan fingerprint density at radius 2 is 1.49 bits per heavy atom. The number of nitrogens with zero attached hydrogens (tertiary/aromatic N) is 1. The van der Waals surface area contributed by atoms with Gasteiger partial charge in [0.25, 0.3) is 0 Å². The fraction of sp³-hybridized carbons (Fsp3) is 0.581. The summed E-state index contributed by atoms with van der Waals surface area (Å²) in [6, 6.07) is 7.68. The van der Waals surface area contributed by atoms with Crippen LogP contribution < -0.4 is 5.19 Å². The molecule has 2 aliphatic carbocycles. The number of benzene rings is 1. The van der Waals surface area contributed by atoms with Gasteiger partial charge in [0.05, 0.1) is 8.07 Å². The molecule has 2 nitrogen and oxygen atoms in total. The van der Waals surface area contributed by atoms with E-state index in [0.29, 0.717) is 29.2 Å². The van der Waals surface area contributed by atoms with Crippen LogP contribution in [0.5, 0.6) is 5.75 Å². The molecule has 4 atom stereocenters. The molecule has 0 aromatic heterocycles. The third-order valence-electron chi connectivity index (χ3n) is 8.81. The normalized spacial score (nSPS) is 25.7. The number of aryl methyl sites for hydroxylation is 1. The minimum atomic E-state index is -1.94. The summed E-state index contributed by atoms with van der Waals surface area (Å²) in [6.07, 6.45) is 13.6. The van der Waals surface area contributed by atoms with Gasteiger partial charge in [0.1, 0.15) is 5.75 Å². The molecule has 0 spiro atoms. The number of likely N-dealkylation sites (tertiary alicyclic amines) is 1. The van der Waals surface area contributed by atoms with Crippen LogP contribution in [0.15, 0.2) is 36.4 Å². The molecule has 0 amide bonds. The van der Waals surface area contributed by atoms with E-state index in [4.69, 9.17) is 0 Å². The molecular formula is C31H52NOSiTi. The SMILES string of the molecule is CC[Si](CC)(c1cc(C)cc(C(C)(C)C)c1O)C1CC(N2CCCC2)C2C=CC=CC21.[CH3-].[CH3-].[CH3-].[Ti+3]. The number of hydrogen-bond acceptors (Lipinski definition) is 2. The Kier molecular flexibility index (Phi) is 13.0. The largest absolute Gasteiger partial charge is 3.00 e. The average molecular weight is 531 g/mol. The molecule has 3 aliphatic rings. The second-order valence-electron chi connectivity index (χ2n) is 11.4. The van der Waals surface area contributed by atoms with Crippen molar-refractivity contribution >= 4 is 13.3 Å². The van der Waals surface area contributed by atoms with Gasteiger partial charge in [0.2, 0.25) is 0 Å². The zero-order chi connectivity index (χ0) is 22.4. The monoisotopic (exact) mass is 530 g/mol. The van der Waals surface area contributed by atoms with Crippen molar-refractivity contribution in [2.45, 2.75) is 89.9 Å². The summed E-state index contributed by atoms with van der Waals surface area (Å²) < 4.78 is 0. The molecule has 1 heterocycles. The molecule has 35 heavy (non-hydrogen) atoms. The average Bonchev–Trinajstić information content (AvgIpc) is 3.39. The Morgan fingerprint density at radius 1 is 0.943 bits per heavy atom. The summed E-state index contributed by atoms with van der Waals surface area (Å²) in [4.78, 5) is 2.79. The molecule has 1 aromatic carbocycles. The number of rotatable bonds is 5. The molecule has 1 radical (unpaired) electrons. The van der Waals surface area contributed by atoms with Crippen molar-refractivity contribution in [1.29, 1.82) is 0 Å². The minimum Gasteiger partial charge on any atom is -0.508 e. The summed E-state index contributed by atoms with van der Waals surface area (Å²) >= 11 is 0. The minimum absolute atomic E-state index is 0. The third-order valence-corrected chi connectivity index (χ3v) is 14.8. The molecule has 1 saturated heterocycles. The van der Waals surface area contributed by atoms with Crippen molar-refractivity contribution in [1.82, 2.24) is 4.90 Å². The Labute approximate surface area is 234 Å². The van der Waals surface area contributed by atoms with E-state index in [1.165, 1.54) is 55.2 Å². The van der Waals surface area contributed by atoms with E-state index in [1.807, 2.05) is 0 Å². The molecule has 1 aliphatic heterocycles. The van der Waals surface area contributed by atoms with Crippen LogP contribution in [0.1, 0.15) is 65.0 Å². The molecular weight excluding hydrogens is 478 g/mol. The van der Waals surface area contributed by atoms with E-state index in [9.17, 15) is 5.11 Å². The van der Waals surface area contributed by atoms with E-state index in [1.54, 1.807) is 0 Å². The number of phenolic OH excluding ortho intramolecular Hbond substituents is 1. The molecule has 4 rings (SSSR count). The Morgan fingerprint density at radius 3 is 2.00 bits per heavy atom. The Bertz CT molecular complexity index is 861. The molecule has 1 saturated carbocycles.